The molecule has 2 rings (SSSR count). The van der Waals surface area contributed by atoms with Crippen LogP contribution in [0.4, 0.5) is 4.39 Å². The molecule has 0 saturated heterocycles. The Balaban J connectivity index is 2.46. The standard InChI is InChI=1S/C15H15BrFNO/c1-18-15(10-4-3-5-12(8-10)19-2)13-9-11(17)6-7-14(13)16/h3-9,15,18H,1-2H3. The number of hydrogen-bond donors (Lipinski definition) is 1. The minimum absolute atomic E-state index is 0.0971. The van der Waals surface area contributed by atoms with E-state index in [1.54, 1.807) is 13.2 Å². The third kappa shape index (κ3) is 3.14. The predicted octanol–water partition coefficient (Wildman–Crippen LogP) is 3.91. The number of hydrogen-bond acceptors (Lipinski definition) is 2. The van der Waals surface area contributed by atoms with Gasteiger partial charge in [0.15, 0.2) is 0 Å². The first-order chi connectivity index (χ1) is 9.15. The Kier molecular flexibility index (Phi) is 4.56. The molecule has 2 aromatic rings. The van der Waals surface area contributed by atoms with Gasteiger partial charge in [0, 0.05) is 4.47 Å². The second-order valence-corrected chi connectivity index (χ2v) is 5.02. The molecule has 2 nitrogen and oxygen atoms in total. The van der Waals surface area contributed by atoms with Crippen LogP contribution >= 0.6 is 15.9 Å². The Morgan fingerprint density at radius 1 is 1.21 bits per heavy atom. The maximum Gasteiger partial charge on any atom is 0.123 e. The Morgan fingerprint density at radius 3 is 2.68 bits per heavy atom. The molecular weight excluding hydrogens is 309 g/mol. The molecule has 2 aromatic carbocycles. The minimum Gasteiger partial charge on any atom is -0.497 e. The molecule has 19 heavy (non-hydrogen) atoms. The fourth-order valence-corrected chi connectivity index (χ4v) is 2.53. The Bertz CT molecular complexity index is 574. The van der Waals surface area contributed by atoms with Crippen molar-refractivity contribution in [3.63, 3.8) is 0 Å². The van der Waals surface area contributed by atoms with Gasteiger partial charge in [-0.1, -0.05) is 28.1 Å². The highest BCUT2D eigenvalue weighted by Gasteiger charge is 2.16. The van der Waals surface area contributed by atoms with E-state index in [9.17, 15) is 4.39 Å². The maximum atomic E-state index is 13.4. The SMILES string of the molecule is CNC(c1cccc(OC)c1)c1cc(F)ccc1Br. The highest BCUT2D eigenvalue weighted by Crippen LogP contribution is 2.30. The molecule has 0 radical (unpaired) electrons. The van der Waals surface area contributed by atoms with Crippen molar-refractivity contribution in [3.8, 4) is 5.75 Å². The van der Waals surface area contributed by atoms with Crippen LogP contribution in [0.25, 0.3) is 0 Å². The van der Waals surface area contributed by atoms with E-state index in [0.717, 1.165) is 21.3 Å². The summed E-state index contributed by atoms with van der Waals surface area (Å²) in [6.45, 7) is 0. The lowest BCUT2D eigenvalue weighted by atomic mass is 9.98. The van der Waals surface area contributed by atoms with Crippen LogP contribution in [0.3, 0.4) is 0 Å². The molecule has 100 valence electrons. The van der Waals surface area contributed by atoms with Crippen molar-refractivity contribution >= 4 is 15.9 Å². The Morgan fingerprint density at radius 2 is 2.00 bits per heavy atom. The zero-order valence-corrected chi connectivity index (χ0v) is 12.4. The van der Waals surface area contributed by atoms with Gasteiger partial charge in [-0.25, -0.2) is 4.39 Å². The summed E-state index contributed by atoms with van der Waals surface area (Å²) >= 11 is 3.47. The van der Waals surface area contributed by atoms with Gasteiger partial charge in [0.05, 0.1) is 13.2 Å². The first kappa shape index (κ1) is 14.0. The van der Waals surface area contributed by atoms with Gasteiger partial charge in [-0.15, -0.1) is 0 Å². The predicted molar refractivity (Wildman–Crippen MR) is 78.0 cm³/mol. The average molecular weight is 324 g/mol. The largest absolute Gasteiger partial charge is 0.497 e. The first-order valence-electron chi connectivity index (χ1n) is 5.92. The van der Waals surface area contributed by atoms with E-state index in [1.165, 1.54) is 12.1 Å². The number of nitrogens with one attached hydrogen (secondary N) is 1. The van der Waals surface area contributed by atoms with Crippen molar-refractivity contribution in [3.05, 3.63) is 63.9 Å². The average Bonchev–Trinajstić information content (AvgIpc) is 2.44. The number of rotatable bonds is 4. The lowest BCUT2D eigenvalue weighted by Gasteiger charge is -2.19. The Labute approximate surface area is 120 Å². The lowest BCUT2D eigenvalue weighted by Crippen LogP contribution is -2.18. The zero-order chi connectivity index (χ0) is 13.8. The summed E-state index contributed by atoms with van der Waals surface area (Å²) in [7, 11) is 3.48. The summed E-state index contributed by atoms with van der Waals surface area (Å²) in [5, 5.41) is 3.20. The van der Waals surface area contributed by atoms with E-state index in [4.69, 9.17) is 4.74 Å². The molecule has 0 aromatic heterocycles. The monoisotopic (exact) mass is 323 g/mol. The molecular formula is C15H15BrFNO. The first-order valence-corrected chi connectivity index (χ1v) is 6.71. The van der Waals surface area contributed by atoms with Gasteiger partial charge in [-0.2, -0.15) is 0 Å². The fraction of sp³-hybridized carbons (Fsp3) is 0.200. The van der Waals surface area contributed by atoms with Gasteiger partial charge in [-0.3, -0.25) is 0 Å². The Hall–Kier alpha value is -1.39. The third-order valence-electron chi connectivity index (χ3n) is 2.98. The molecule has 0 saturated carbocycles. The molecule has 0 spiro atoms. The van der Waals surface area contributed by atoms with E-state index >= 15 is 0 Å². The van der Waals surface area contributed by atoms with E-state index < -0.39 is 0 Å². The molecule has 0 aliphatic carbocycles. The zero-order valence-electron chi connectivity index (χ0n) is 10.8. The van der Waals surface area contributed by atoms with E-state index in [1.807, 2.05) is 31.3 Å². The highest BCUT2D eigenvalue weighted by atomic mass is 79.9. The van der Waals surface area contributed by atoms with Crippen molar-refractivity contribution in [2.75, 3.05) is 14.2 Å². The molecule has 1 atom stereocenters. The second-order valence-electron chi connectivity index (χ2n) is 4.16. The van der Waals surface area contributed by atoms with Crippen molar-refractivity contribution < 1.29 is 9.13 Å². The lowest BCUT2D eigenvalue weighted by molar-refractivity contribution is 0.413. The van der Waals surface area contributed by atoms with Gasteiger partial charge in [0.2, 0.25) is 0 Å². The van der Waals surface area contributed by atoms with Crippen LogP contribution in [0.1, 0.15) is 17.2 Å². The van der Waals surface area contributed by atoms with Crippen LogP contribution in [0.15, 0.2) is 46.9 Å². The second kappa shape index (κ2) is 6.17. The van der Waals surface area contributed by atoms with Crippen molar-refractivity contribution in [1.29, 1.82) is 0 Å². The summed E-state index contributed by atoms with van der Waals surface area (Å²) in [5.74, 6) is 0.534. The van der Waals surface area contributed by atoms with Crippen LogP contribution in [-0.4, -0.2) is 14.2 Å². The summed E-state index contributed by atoms with van der Waals surface area (Å²) in [6.07, 6.45) is 0. The number of ether oxygens (including phenoxy) is 1. The van der Waals surface area contributed by atoms with Crippen molar-refractivity contribution in [2.45, 2.75) is 6.04 Å². The number of benzene rings is 2. The van der Waals surface area contributed by atoms with Crippen LogP contribution < -0.4 is 10.1 Å². The molecule has 0 aliphatic rings. The molecule has 0 heterocycles. The van der Waals surface area contributed by atoms with Crippen molar-refractivity contribution in [1.82, 2.24) is 5.32 Å². The topological polar surface area (TPSA) is 21.3 Å². The number of methoxy groups -OCH3 is 1. The summed E-state index contributed by atoms with van der Waals surface area (Å²) in [5.41, 5.74) is 1.88. The normalized spacial score (nSPS) is 12.2. The summed E-state index contributed by atoms with van der Waals surface area (Å²) < 4.78 is 19.5. The van der Waals surface area contributed by atoms with Gasteiger partial charge in [0.25, 0.3) is 0 Å². The van der Waals surface area contributed by atoms with Gasteiger partial charge < -0.3 is 10.1 Å². The van der Waals surface area contributed by atoms with Gasteiger partial charge in [-0.05, 0) is 48.5 Å². The fourth-order valence-electron chi connectivity index (χ4n) is 2.06. The van der Waals surface area contributed by atoms with Crippen LogP contribution in [-0.2, 0) is 0 Å². The molecule has 1 N–H and O–H groups in total. The van der Waals surface area contributed by atoms with E-state index in [0.29, 0.717) is 0 Å². The molecule has 0 bridgehead atoms. The minimum atomic E-state index is -0.249. The van der Waals surface area contributed by atoms with Crippen LogP contribution in [0, 0.1) is 5.82 Å². The van der Waals surface area contributed by atoms with E-state index in [-0.39, 0.29) is 11.9 Å². The molecule has 0 fully saturated rings. The van der Waals surface area contributed by atoms with Crippen LogP contribution in [0.5, 0.6) is 5.75 Å². The molecule has 0 aliphatic heterocycles. The van der Waals surface area contributed by atoms with Crippen LogP contribution in [0.2, 0.25) is 0 Å². The van der Waals surface area contributed by atoms with Gasteiger partial charge in [0.1, 0.15) is 11.6 Å². The number of halogens is 2. The van der Waals surface area contributed by atoms with E-state index in [2.05, 4.69) is 21.2 Å². The molecule has 1 unspecified atom stereocenters. The summed E-state index contributed by atoms with van der Waals surface area (Å²) in [6, 6.07) is 12.3. The third-order valence-corrected chi connectivity index (χ3v) is 3.71. The maximum absolute atomic E-state index is 13.4. The smallest absolute Gasteiger partial charge is 0.123 e. The molecule has 4 heteroatoms. The van der Waals surface area contributed by atoms with Gasteiger partial charge >= 0.3 is 0 Å². The molecule has 0 amide bonds. The van der Waals surface area contributed by atoms with Crippen molar-refractivity contribution in [2.24, 2.45) is 0 Å². The summed E-state index contributed by atoms with van der Waals surface area (Å²) in [4.78, 5) is 0. The quantitative estimate of drug-likeness (QED) is 0.921. The highest BCUT2D eigenvalue weighted by molar-refractivity contribution is 9.10.